The van der Waals surface area contributed by atoms with E-state index in [4.69, 9.17) is 0 Å². The highest BCUT2D eigenvalue weighted by molar-refractivity contribution is 6.08. The SMILES string of the molecule is Cc1ccc(C)c(N2CC[NH+](CC(=O)c3c[nH]c4ccc(C)cc34)CC2)c1. The highest BCUT2D eigenvalue weighted by Crippen LogP contribution is 2.22. The Hall–Kier alpha value is -2.59. The molecule has 2 aromatic carbocycles. The lowest BCUT2D eigenvalue weighted by atomic mass is 10.1. The number of nitrogens with one attached hydrogen (secondary N) is 2. The van der Waals surface area contributed by atoms with Gasteiger partial charge in [0.05, 0.1) is 26.2 Å². The van der Waals surface area contributed by atoms with Crippen LogP contribution in [-0.2, 0) is 0 Å². The summed E-state index contributed by atoms with van der Waals surface area (Å²) in [6.07, 6.45) is 1.87. The third-order valence-corrected chi connectivity index (χ3v) is 5.72. The molecule has 1 aliphatic heterocycles. The van der Waals surface area contributed by atoms with Crippen LogP contribution in [0.25, 0.3) is 10.9 Å². The van der Waals surface area contributed by atoms with E-state index < -0.39 is 0 Å². The summed E-state index contributed by atoms with van der Waals surface area (Å²) in [4.78, 5) is 20.0. The number of aromatic amines is 1. The van der Waals surface area contributed by atoms with Crippen molar-refractivity contribution in [2.75, 3.05) is 37.6 Å². The molecule has 0 spiro atoms. The molecule has 2 N–H and O–H groups in total. The molecule has 0 unspecified atom stereocenters. The number of quaternary nitrogens is 1. The second-order valence-electron chi connectivity index (χ2n) is 7.88. The molecule has 1 saturated heterocycles. The van der Waals surface area contributed by atoms with E-state index in [1.165, 1.54) is 27.3 Å². The van der Waals surface area contributed by atoms with Gasteiger partial charge in [-0.2, -0.15) is 0 Å². The number of ketones is 1. The molecule has 0 radical (unpaired) electrons. The molecule has 0 bridgehead atoms. The highest BCUT2D eigenvalue weighted by Gasteiger charge is 2.24. The first-order chi connectivity index (χ1) is 13.0. The van der Waals surface area contributed by atoms with Crippen molar-refractivity contribution >= 4 is 22.4 Å². The lowest BCUT2D eigenvalue weighted by Crippen LogP contribution is -3.15. The Morgan fingerprint density at radius 1 is 1.04 bits per heavy atom. The third kappa shape index (κ3) is 3.62. The standard InChI is InChI=1S/C23H27N3O/c1-16-5-7-21-19(12-16)20(14-24-21)23(27)15-25-8-10-26(11-9-25)22-13-17(2)4-6-18(22)3/h4-7,12-14,24H,8-11,15H2,1-3H3/p+1. The zero-order valence-electron chi connectivity index (χ0n) is 16.4. The van der Waals surface area contributed by atoms with Crippen LogP contribution in [0.15, 0.2) is 42.6 Å². The first-order valence-electron chi connectivity index (χ1n) is 9.78. The summed E-state index contributed by atoms with van der Waals surface area (Å²) in [6.45, 7) is 11.0. The Morgan fingerprint density at radius 2 is 1.74 bits per heavy atom. The van der Waals surface area contributed by atoms with Gasteiger partial charge in [-0.3, -0.25) is 4.79 Å². The molecule has 4 rings (SSSR count). The van der Waals surface area contributed by atoms with E-state index in [-0.39, 0.29) is 5.78 Å². The monoisotopic (exact) mass is 362 g/mol. The van der Waals surface area contributed by atoms with Crippen LogP contribution >= 0.6 is 0 Å². The summed E-state index contributed by atoms with van der Waals surface area (Å²) in [5.41, 5.74) is 7.03. The minimum absolute atomic E-state index is 0.238. The minimum Gasteiger partial charge on any atom is -0.360 e. The average Bonchev–Trinajstić information content (AvgIpc) is 3.07. The molecule has 0 aliphatic carbocycles. The molecule has 1 aliphatic rings. The molecule has 140 valence electrons. The van der Waals surface area contributed by atoms with Crippen molar-refractivity contribution in [3.8, 4) is 0 Å². The number of fused-ring (bicyclic) bond motifs is 1. The molecule has 0 amide bonds. The van der Waals surface area contributed by atoms with Gasteiger partial charge in [-0.1, -0.05) is 23.8 Å². The van der Waals surface area contributed by atoms with Crippen LogP contribution in [0.3, 0.4) is 0 Å². The number of aryl methyl sites for hydroxylation is 3. The number of benzene rings is 2. The smallest absolute Gasteiger partial charge is 0.219 e. The molecule has 0 atom stereocenters. The van der Waals surface area contributed by atoms with Crippen molar-refractivity contribution < 1.29 is 9.69 Å². The van der Waals surface area contributed by atoms with Crippen molar-refractivity contribution in [3.63, 3.8) is 0 Å². The van der Waals surface area contributed by atoms with Crippen molar-refractivity contribution in [1.82, 2.24) is 4.98 Å². The van der Waals surface area contributed by atoms with Crippen molar-refractivity contribution in [2.45, 2.75) is 20.8 Å². The molecule has 1 fully saturated rings. The predicted molar refractivity (Wildman–Crippen MR) is 111 cm³/mol. The van der Waals surface area contributed by atoms with Gasteiger partial charge in [-0.05, 0) is 50.1 Å². The molecule has 2 heterocycles. The number of carbonyl (C=O) groups is 1. The van der Waals surface area contributed by atoms with Gasteiger partial charge < -0.3 is 14.8 Å². The fourth-order valence-corrected chi connectivity index (χ4v) is 4.09. The summed E-state index contributed by atoms with van der Waals surface area (Å²) in [5.74, 6) is 0.238. The number of nitrogens with zero attached hydrogens (tertiary/aromatic N) is 1. The molecule has 4 heteroatoms. The number of carbonyl (C=O) groups excluding carboxylic acids is 1. The van der Waals surface area contributed by atoms with E-state index in [1.54, 1.807) is 0 Å². The normalized spacial score (nSPS) is 15.4. The fraction of sp³-hybridized carbons (Fsp3) is 0.348. The van der Waals surface area contributed by atoms with E-state index in [1.807, 2.05) is 6.20 Å². The fourth-order valence-electron chi connectivity index (χ4n) is 4.09. The van der Waals surface area contributed by atoms with Crippen LogP contribution in [0, 0.1) is 20.8 Å². The van der Waals surface area contributed by atoms with Crippen LogP contribution in [-0.4, -0.2) is 43.5 Å². The Kier molecular flexibility index (Phi) is 4.75. The first-order valence-corrected chi connectivity index (χ1v) is 9.78. The third-order valence-electron chi connectivity index (χ3n) is 5.72. The molecular weight excluding hydrogens is 334 g/mol. The van der Waals surface area contributed by atoms with E-state index in [0.29, 0.717) is 6.54 Å². The molecular formula is C23H28N3O+. The number of piperazine rings is 1. The predicted octanol–water partition coefficient (Wildman–Crippen LogP) is 2.68. The second kappa shape index (κ2) is 7.20. The Labute approximate surface area is 160 Å². The maximum absolute atomic E-state index is 12.9. The van der Waals surface area contributed by atoms with Gasteiger partial charge in [0.1, 0.15) is 6.54 Å². The van der Waals surface area contributed by atoms with Crippen LogP contribution in [0.1, 0.15) is 27.0 Å². The lowest BCUT2D eigenvalue weighted by Gasteiger charge is -2.34. The van der Waals surface area contributed by atoms with Gasteiger partial charge in [0, 0.05) is 28.4 Å². The van der Waals surface area contributed by atoms with Gasteiger partial charge in [-0.15, -0.1) is 0 Å². The number of rotatable bonds is 4. The Balaban J connectivity index is 1.42. The summed E-state index contributed by atoms with van der Waals surface area (Å²) < 4.78 is 0. The van der Waals surface area contributed by atoms with Gasteiger partial charge in [-0.25, -0.2) is 0 Å². The van der Waals surface area contributed by atoms with Gasteiger partial charge in [0.25, 0.3) is 0 Å². The maximum atomic E-state index is 12.9. The molecule has 4 nitrogen and oxygen atoms in total. The largest absolute Gasteiger partial charge is 0.360 e. The van der Waals surface area contributed by atoms with Crippen LogP contribution in [0.2, 0.25) is 0 Å². The molecule has 3 aromatic rings. The Bertz CT molecular complexity index is 980. The van der Waals surface area contributed by atoms with Crippen LogP contribution < -0.4 is 9.80 Å². The van der Waals surface area contributed by atoms with Crippen molar-refractivity contribution in [2.24, 2.45) is 0 Å². The van der Waals surface area contributed by atoms with E-state index in [9.17, 15) is 4.79 Å². The molecule has 1 aromatic heterocycles. The number of H-pyrrole nitrogens is 1. The number of hydrogen-bond donors (Lipinski definition) is 2. The van der Waals surface area contributed by atoms with E-state index >= 15 is 0 Å². The maximum Gasteiger partial charge on any atom is 0.219 e. The summed E-state index contributed by atoms with van der Waals surface area (Å²) in [5, 5.41) is 1.05. The van der Waals surface area contributed by atoms with Crippen LogP contribution in [0.4, 0.5) is 5.69 Å². The minimum atomic E-state index is 0.238. The number of aromatic nitrogens is 1. The number of anilines is 1. The number of hydrogen-bond acceptors (Lipinski definition) is 2. The van der Waals surface area contributed by atoms with Gasteiger partial charge in [0.15, 0.2) is 0 Å². The van der Waals surface area contributed by atoms with Gasteiger partial charge >= 0.3 is 0 Å². The van der Waals surface area contributed by atoms with E-state index in [2.05, 4.69) is 67.1 Å². The Morgan fingerprint density at radius 3 is 2.52 bits per heavy atom. The van der Waals surface area contributed by atoms with Crippen molar-refractivity contribution in [1.29, 1.82) is 0 Å². The topological polar surface area (TPSA) is 40.5 Å². The second-order valence-corrected chi connectivity index (χ2v) is 7.88. The van der Waals surface area contributed by atoms with Crippen LogP contribution in [0.5, 0.6) is 0 Å². The summed E-state index contributed by atoms with van der Waals surface area (Å²) >= 11 is 0. The lowest BCUT2D eigenvalue weighted by molar-refractivity contribution is -0.892. The number of Topliss-reactive ketones (excluding diaryl/α,β-unsaturated/α-hetero) is 1. The van der Waals surface area contributed by atoms with E-state index in [0.717, 1.165) is 42.6 Å². The summed E-state index contributed by atoms with van der Waals surface area (Å²) in [7, 11) is 0. The quantitative estimate of drug-likeness (QED) is 0.701. The first kappa shape index (κ1) is 17.8. The highest BCUT2D eigenvalue weighted by atomic mass is 16.1. The average molecular weight is 362 g/mol. The zero-order chi connectivity index (χ0) is 19.0. The van der Waals surface area contributed by atoms with Gasteiger partial charge in [0.2, 0.25) is 5.78 Å². The van der Waals surface area contributed by atoms with Crippen molar-refractivity contribution in [3.05, 3.63) is 64.8 Å². The zero-order valence-corrected chi connectivity index (χ0v) is 16.4. The molecule has 27 heavy (non-hydrogen) atoms. The molecule has 0 saturated carbocycles. The summed E-state index contributed by atoms with van der Waals surface area (Å²) in [6, 6.07) is 12.9.